The summed E-state index contributed by atoms with van der Waals surface area (Å²) in [6.45, 7) is 3.05. The Bertz CT molecular complexity index is 831. The Balaban J connectivity index is 2.23. The zero-order chi connectivity index (χ0) is 16.3. The Morgan fingerprint density at radius 3 is 2.32 bits per heavy atom. The number of hydrogen-bond donors (Lipinski definition) is 1. The fraction of sp³-hybridized carbons (Fsp3) is 0.333. The third-order valence-corrected chi connectivity index (χ3v) is 5.51. The minimum absolute atomic E-state index is 0.00523. The molecule has 0 radical (unpaired) electrons. The van der Waals surface area contributed by atoms with Crippen molar-refractivity contribution in [2.24, 2.45) is 0 Å². The maximum Gasteiger partial charge on any atom is 0.272 e. The molecule has 1 atom stereocenters. The third-order valence-electron chi connectivity index (χ3n) is 4.06. The highest BCUT2D eigenvalue weighted by atomic mass is 32.2. The highest BCUT2D eigenvalue weighted by molar-refractivity contribution is 7.86. The zero-order valence-electron chi connectivity index (χ0n) is 12.0. The topological polar surface area (TPSA) is 97.7 Å². The van der Waals surface area contributed by atoms with Crippen LogP contribution in [0, 0.1) is 0 Å². The van der Waals surface area contributed by atoms with Crippen molar-refractivity contribution in [2.45, 2.75) is 31.1 Å². The lowest BCUT2D eigenvalue weighted by atomic mass is 9.82. The van der Waals surface area contributed by atoms with Gasteiger partial charge in [0.15, 0.2) is 0 Å². The van der Waals surface area contributed by atoms with Crippen molar-refractivity contribution in [1.29, 1.82) is 0 Å². The van der Waals surface area contributed by atoms with E-state index in [2.05, 4.69) is 0 Å². The maximum absolute atomic E-state index is 12.2. The summed E-state index contributed by atoms with van der Waals surface area (Å²) in [7, 11) is -4.43. The molecule has 0 spiro atoms. The van der Waals surface area contributed by atoms with Crippen LogP contribution in [-0.2, 0) is 19.6 Å². The first-order valence-corrected chi connectivity index (χ1v) is 8.20. The van der Waals surface area contributed by atoms with Crippen LogP contribution < -0.4 is 0 Å². The van der Waals surface area contributed by atoms with Crippen molar-refractivity contribution >= 4 is 27.4 Å². The molecule has 7 heteroatoms. The summed E-state index contributed by atoms with van der Waals surface area (Å²) < 4.78 is 38.3. The molecule has 0 saturated heterocycles. The summed E-state index contributed by atoms with van der Waals surface area (Å²) in [5, 5.41) is -1.30. The lowest BCUT2D eigenvalue weighted by molar-refractivity contribution is -0.112. The first kappa shape index (κ1) is 14.9. The zero-order valence-corrected chi connectivity index (χ0v) is 12.8. The van der Waals surface area contributed by atoms with Crippen LogP contribution in [0.4, 0.5) is 0 Å². The van der Waals surface area contributed by atoms with Crippen molar-refractivity contribution < 1.29 is 27.3 Å². The third kappa shape index (κ3) is 2.08. The molecule has 1 aliphatic carbocycles. The highest BCUT2D eigenvalue weighted by Crippen LogP contribution is 2.43. The van der Waals surface area contributed by atoms with Crippen LogP contribution in [0.1, 0.15) is 36.2 Å². The van der Waals surface area contributed by atoms with Gasteiger partial charge in [0.25, 0.3) is 10.1 Å². The molecule has 1 heterocycles. The highest BCUT2D eigenvalue weighted by Gasteiger charge is 2.49. The van der Waals surface area contributed by atoms with Crippen molar-refractivity contribution in [3.05, 3.63) is 41.0 Å². The molecule has 0 fully saturated rings. The van der Waals surface area contributed by atoms with Gasteiger partial charge in [-0.2, -0.15) is 8.42 Å². The Labute approximate surface area is 127 Å². The van der Waals surface area contributed by atoms with Gasteiger partial charge >= 0.3 is 0 Å². The van der Waals surface area contributed by atoms with Crippen molar-refractivity contribution in [2.75, 3.05) is 0 Å². The average molecular weight is 322 g/mol. The fourth-order valence-corrected chi connectivity index (χ4v) is 4.07. The molecular formula is C15H14O6S. The monoisotopic (exact) mass is 322 g/mol. The number of Topliss-reactive ketones (excluding diaryl/α,β-unsaturated/α-hetero) is 2. The molecule has 1 N–H and O–H groups in total. The summed E-state index contributed by atoms with van der Waals surface area (Å²) >= 11 is 0. The summed E-state index contributed by atoms with van der Waals surface area (Å²) in [5.74, 6) is -1.24. The van der Waals surface area contributed by atoms with Crippen LogP contribution in [0.2, 0.25) is 0 Å². The average Bonchev–Trinajstić information content (AvgIpc) is 2.42. The van der Waals surface area contributed by atoms with Gasteiger partial charge < -0.3 is 4.74 Å². The number of benzene rings is 1. The van der Waals surface area contributed by atoms with Gasteiger partial charge in [-0.15, -0.1) is 0 Å². The molecule has 1 unspecified atom stereocenters. The smallest absolute Gasteiger partial charge is 0.272 e. The van der Waals surface area contributed by atoms with Crippen molar-refractivity contribution in [1.82, 2.24) is 0 Å². The quantitative estimate of drug-likeness (QED) is 0.623. The molecule has 0 bridgehead atoms. The first-order valence-electron chi connectivity index (χ1n) is 6.70. The van der Waals surface area contributed by atoms with Crippen LogP contribution in [0.5, 0.6) is 0 Å². The van der Waals surface area contributed by atoms with Gasteiger partial charge in [-0.1, -0.05) is 24.3 Å². The van der Waals surface area contributed by atoms with E-state index in [0.29, 0.717) is 5.56 Å². The largest absolute Gasteiger partial charge is 0.485 e. The summed E-state index contributed by atoms with van der Waals surface area (Å²) in [5.41, 5.74) is -0.498. The molecule has 116 valence electrons. The van der Waals surface area contributed by atoms with E-state index in [1.54, 1.807) is 18.2 Å². The molecule has 22 heavy (non-hydrogen) atoms. The summed E-state index contributed by atoms with van der Waals surface area (Å²) in [6.07, 6.45) is -0.250. The molecule has 1 aromatic carbocycles. The standard InChI is InChI=1S/C15H14O6S/c1-15(2)11(22(18,19)20)7-10-13(17)12(16)8-5-3-4-6-9(8)14(10)21-15/h3-6,11H,7H2,1-2H3,(H,18,19,20). The van der Waals surface area contributed by atoms with E-state index < -0.39 is 32.5 Å². The van der Waals surface area contributed by atoms with Gasteiger partial charge in [-0.05, 0) is 13.8 Å². The molecule has 6 nitrogen and oxygen atoms in total. The van der Waals surface area contributed by atoms with Gasteiger partial charge in [-0.3, -0.25) is 14.1 Å². The van der Waals surface area contributed by atoms with Gasteiger partial charge in [0.2, 0.25) is 11.6 Å². The second-order valence-electron chi connectivity index (χ2n) is 5.92. The first-order chi connectivity index (χ1) is 10.1. The Morgan fingerprint density at radius 1 is 1.14 bits per heavy atom. The van der Waals surface area contributed by atoms with E-state index in [0.717, 1.165) is 0 Å². The molecule has 1 aromatic rings. The van der Waals surface area contributed by atoms with Crippen LogP contribution in [0.25, 0.3) is 5.76 Å². The van der Waals surface area contributed by atoms with E-state index in [-0.39, 0.29) is 23.3 Å². The summed E-state index contributed by atoms with van der Waals surface area (Å²) in [4.78, 5) is 24.4. The molecule has 1 aliphatic heterocycles. The fourth-order valence-electron chi connectivity index (χ4n) is 2.93. The molecule has 0 amide bonds. The molecule has 2 aliphatic rings. The lowest BCUT2D eigenvalue weighted by Crippen LogP contribution is -2.48. The van der Waals surface area contributed by atoms with E-state index in [1.807, 2.05) is 0 Å². The number of ketones is 2. The number of rotatable bonds is 1. The normalized spacial score (nSPS) is 23.7. The minimum Gasteiger partial charge on any atom is -0.485 e. The maximum atomic E-state index is 12.2. The molecule has 0 aromatic heterocycles. The number of carbonyl (C=O) groups excluding carboxylic acids is 2. The summed E-state index contributed by atoms with van der Waals surface area (Å²) in [6, 6.07) is 6.53. The second kappa shape index (κ2) is 4.50. The van der Waals surface area contributed by atoms with Crippen LogP contribution >= 0.6 is 0 Å². The minimum atomic E-state index is -4.43. The van der Waals surface area contributed by atoms with Gasteiger partial charge in [0.1, 0.15) is 16.6 Å². The van der Waals surface area contributed by atoms with Gasteiger partial charge in [-0.25, -0.2) is 0 Å². The number of allylic oxidation sites excluding steroid dienone is 1. The van der Waals surface area contributed by atoms with Gasteiger partial charge in [0.05, 0.1) is 0 Å². The number of hydrogen-bond acceptors (Lipinski definition) is 5. The Morgan fingerprint density at radius 2 is 1.73 bits per heavy atom. The van der Waals surface area contributed by atoms with Crippen molar-refractivity contribution in [3.63, 3.8) is 0 Å². The lowest BCUT2D eigenvalue weighted by Gasteiger charge is -2.40. The van der Waals surface area contributed by atoms with E-state index >= 15 is 0 Å². The van der Waals surface area contributed by atoms with Crippen LogP contribution in [0.15, 0.2) is 29.8 Å². The predicted molar refractivity (Wildman–Crippen MR) is 77.8 cm³/mol. The number of carbonyl (C=O) groups is 2. The van der Waals surface area contributed by atoms with E-state index in [9.17, 15) is 22.6 Å². The Hall–Kier alpha value is -1.99. The molecular weight excluding hydrogens is 308 g/mol. The van der Waals surface area contributed by atoms with E-state index in [1.165, 1.54) is 19.9 Å². The van der Waals surface area contributed by atoms with Crippen molar-refractivity contribution in [3.8, 4) is 0 Å². The SMILES string of the molecule is CC1(C)OC2=C(CC1S(=O)(=O)O)C(=O)C(=O)c1ccccc12. The second-order valence-corrected chi connectivity index (χ2v) is 7.52. The van der Waals surface area contributed by atoms with Crippen LogP contribution in [0.3, 0.4) is 0 Å². The number of ether oxygens (including phenoxy) is 1. The Kier molecular flexibility index (Phi) is 3.05. The molecule has 3 rings (SSSR count). The predicted octanol–water partition coefficient (Wildman–Crippen LogP) is 1.62. The van der Waals surface area contributed by atoms with Gasteiger partial charge in [0, 0.05) is 23.1 Å². The van der Waals surface area contributed by atoms with E-state index in [4.69, 9.17) is 4.74 Å². The molecule has 0 saturated carbocycles. The van der Waals surface area contributed by atoms with Crippen LogP contribution in [-0.4, -0.2) is 35.4 Å². The number of fused-ring (bicyclic) bond motifs is 2.